The molecule has 0 bridgehead atoms. The molecule has 1 aromatic rings. The molecule has 0 aliphatic heterocycles. The minimum Gasteiger partial charge on any atom is -0.466 e. The number of aromatic nitrogens is 1. The number of alkyl halides is 2. The molecule has 0 atom stereocenters. The Kier molecular flexibility index (Phi) is 4.66. The Balaban J connectivity index is 3.08. The molecule has 0 saturated carbocycles. The van der Waals surface area contributed by atoms with Crippen molar-refractivity contribution in [2.75, 3.05) is 6.61 Å². The van der Waals surface area contributed by atoms with E-state index in [0.29, 0.717) is 6.07 Å². The molecule has 96 valence electrons. The molecule has 0 radical (unpaired) electrons. The molecule has 0 aliphatic rings. The lowest BCUT2D eigenvalue weighted by molar-refractivity contribution is -0.142. The second-order valence-electron chi connectivity index (χ2n) is 3.25. The van der Waals surface area contributed by atoms with Crippen LogP contribution in [-0.4, -0.2) is 17.6 Å². The molecule has 1 heterocycles. The number of halogens is 3. The molecule has 0 spiro atoms. The van der Waals surface area contributed by atoms with Crippen molar-refractivity contribution in [1.29, 1.82) is 5.26 Å². The van der Waals surface area contributed by atoms with Gasteiger partial charge < -0.3 is 4.74 Å². The van der Waals surface area contributed by atoms with Crippen molar-refractivity contribution in [3.8, 4) is 6.07 Å². The normalized spacial score (nSPS) is 10.2. The van der Waals surface area contributed by atoms with Crippen LogP contribution in [0.15, 0.2) is 6.07 Å². The molecule has 0 aromatic carbocycles. The number of hydrogen-bond donors (Lipinski definition) is 0. The van der Waals surface area contributed by atoms with Gasteiger partial charge in [-0.1, -0.05) is 0 Å². The molecule has 0 saturated heterocycles. The highest BCUT2D eigenvalue weighted by Gasteiger charge is 2.21. The fourth-order valence-corrected chi connectivity index (χ4v) is 1.32. The van der Waals surface area contributed by atoms with E-state index in [1.54, 1.807) is 6.92 Å². The lowest BCUT2D eigenvalue weighted by Crippen LogP contribution is -2.11. The fourth-order valence-electron chi connectivity index (χ4n) is 1.32. The van der Waals surface area contributed by atoms with Gasteiger partial charge in [-0.05, 0) is 13.0 Å². The van der Waals surface area contributed by atoms with E-state index < -0.39 is 29.5 Å². The maximum Gasteiger partial charge on any atom is 0.311 e. The number of nitrogens with zero attached hydrogens (tertiary/aromatic N) is 2. The number of rotatable bonds is 4. The summed E-state index contributed by atoms with van der Waals surface area (Å²) in [5, 5.41) is 8.63. The van der Waals surface area contributed by atoms with Crippen LogP contribution in [0.25, 0.3) is 0 Å². The Hall–Kier alpha value is -2.10. The number of hydrogen-bond acceptors (Lipinski definition) is 4. The summed E-state index contributed by atoms with van der Waals surface area (Å²) in [7, 11) is 0. The Morgan fingerprint density at radius 1 is 1.61 bits per heavy atom. The standard InChI is InChI=1S/C11H9F3N2O2/c1-2-18-9(17)4-6-3-7(12)10(11(13)14)8(5-15)16-6/h3,11H,2,4H2,1H3. The van der Waals surface area contributed by atoms with Crippen LogP contribution in [0.5, 0.6) is 0 Å². The molecular weight excluding hydrogens is 249 g/mol. The third-order valence-corrected chi connectivity index (χ3v) is 2.02. The molecular formula is C11H9F3N2O2. The monoisotopic (exact) mass is 258 g/mol. The van der Waals surface area contributed by atoms with Crippen molar-refractivity contribution in [2.45, 2.75) is 19.8 Å². The first kappa shape index (κ1) is 14.0. The summed E-state index contributed by atoms with van der Waals surface area (Å²) in [4.78, 5) is 14.6. The first-order valence-corrected chi connectivity index (χ1v) is 5.02. The summed E-state index contributed by atoms with van der Waals surface area (Å²) >= 11 is 0. The molecule has 4 nitrogen and oxygen atoms in total. The van der Waals surface area contributed by atoms with Crippen molar-refractivity contribution in [3.05, 3.63) is 28.8 Å². The van der Waals surface area contributed by atoms with Gasteiger partial charge in [-0.15, -0.1) is 0 Å². The molecule has 1 aromatic heterocycles. The summed E-state index contributed by atoms with van der Waals surface area (Å²) in [6.07, 6.45) is -3.51. The van der Waals surface area contributed by atoms with E-state index in [0.717, 1.165) is 0 Å². The molecule has 1 rings (SSSR count). The summed E-state index contributed by atoms with van der Waals surface area (Å²) < 4.78 is 42.9. The zero-order valence-corrected chi connectivity index (χ0v) is 9.41. The van der Waals surface area contributed by atoms with Crippen LogP contribution in [0.3, 0.4) is 0 Å². The number of ether oxygens (including phenoxy) is 1. The SMILES string of the molecule is CCOC(=O)Cc1cc(F)c(C(F)F)c(C#N)n1. The summed E-state index contributed by atoms with van der Waals surface area (Å²) in [5.41, 5.74) is -1.89. The zero-order valence-electron chi connectivity index (χ0n) is 9.41. The van der Waals surface area contributed by atoms with Crippen molar-refractivity contribution in [3.63, 3.8) is 0 Å². The smallest absolute Gasteiger partial charge is 0.311 e. The molecule has 18 heavy (non-hydrogen) atoms. The third-order valence-electron chi connectivity index (χ3n) is 2.02. The summed E-state index contributed by atoms with van der Waals surface area (Å²) in [6, 6.07) is 2.09. The number of carbonyl (C=O) groups excluding carboxylic acids is 1. The van der Waals surface area contributed by atoms with Crippen LogP contribution >= 0.6 is 0 Å². The topological polar surface area (TPSA) is 63.0 Å². The number of esters is 1. The summed E-state index contributed by atoms with van der Waals surface area (Å²) in [6.45, 7) is 1.73. The maximum atomic E-state index is 13.4. The van der Waals surface area contributed by atoms with Gasteiger partial charge in [0, 0.05) is 0 Å². The average molecular weight is 258 g/mol. The molecule has 0 fully saturated rings. The minimum atomic E-state index is -3.14. The van der Waals surface area contributed by atoms with Gasteiger partial charge >= 0.3 is 5.97 Å². The van der Waals surface area contributed by atoms with Crippen molar-refractivity contribution >= 4 is 5.97 Å². The second-order valence-corrected chi connectivity index (χ2v) is 3.25. The van der Waals surface area contributed by atoms with E-state index in [2.05, 4.69) is 9.72 Å². The van der Waals surface area contributed by atoms with Gasteiger partial charge in [-0.2, -0.15) is 5.26 Å². The molecule has 0 N–H and O–H groups in total. The third kappa shape index (κ3) is 3.20. The van der Waals surface area contributed by atoms with Crippen LogP contribution in [-0.2, 0) is 16.0 Å². The number of pyridine rings is 1. The van der Waals surface area contributed by atoms with Gasteiger partial charge in [0.1, 0.15) is 11.9 Å². The highest BCUT2D eigenvalue weighted by atomic mass is 19.3. The van der Waals surface area contributed by atoms with Gasteiger partial charge in [-0.25, -0.2) is 18.2 Å². The lowest BCUT2D eigenvalue weighted by atomic mass is 10.1. The van der Waals surface area contributed by atoms with Gasteiger partial charge in [0.05, 0.1) is 24.3 Å². The summed E-state index contributed by atoms with van der Waals surface area (Å²) in [5.74, 6) is -1.92. The zero-order chi connectivity index (χ0) is 13.7. The van der Waals surface area contributed by atoms with E-state index in [1.165, 1.54) is 6.07 Å². The van der Waals surface area contributed by atoms with Crippen molar-refractivity contribution in [1.82, 2.24) is 4.98 Å². The Bertz CT molecular complexity index is 498. The quantitative estimate of drug-likeness (QED) is 0.776. The number of carbonyl (C=O) groups is 1. The average Bonchev–Trinajstić information content (AvgIpc) is 2.27. The lowest BCUT2D eigenvalue weighted by Gasteiger charge is -2.07. The van der Waals surface area contributed by atoms with Crippen LogP contribution in [0.1, 0.15) is 30.3 Å². The maximum absolute atomic E-state index is 13.4. The molecule has 0 unspecified atom stereocenters. The van der Waals surface area contributed by atoms with Gasteiger partial charge in [0.25, 0.3) is 6.43 Å². The predicted molar refractivity (Wildman–Crippen MR) is 54.2 cm³/mol. The van der Waals surface area contributed by atoms with Gasteiger partial charge in [-0.3, -0.25) is 4.79 Å². The highest BCUT2D eigenvalue weighted by molar-refractivity contribution is 5.72. The first-order valence-electron chi connectivity index (χ1n) is 5.02. The molecule has 7 heteroatoms. The molecule has 0 amide bonds. The van der Waals surface area contributed by atoms with Crippen molar-refractivity contribution in [2.24, 2.45) is 0 Å². The van der Waals surface area contributed by atoms with Crippen molar-refractivity contribution < 1.29 is 22.7 Å². The van der Waals surface area contributed by atoms with Crippen LogP contribution in [0, 0.1) is 17.1 Å². The highest BCUT2D eigenvalue weighted by Crippen LogP contribution is 2.25. The number of nitriles is 1. The van der Waals surface area contributed by atoms with Gasteiger partial charge in [0.2, 0.25) is 0 Å². The fraction of sp³-hybridized carbons (Fsp3) is 0.364. The van der Waals surface area contributed by atoms with E-state index in [4.69, 9.17) is 5.26 Å². The largest absolute Gasteiger partial charge is 0.466 e. The minimum absolute atomic E-state index is 0.119. The van der Waals surface area contributed by atoms with Crippen LogP contribution in [0.2, 0.25) is 0 Å². The Labute approximate surface area is 101 Å². The predicted octanol–water partition coefficient (Wildman–Crippen LogP) is 2.14. The van der Waals surface area contributed by atoms with E-state index >= 15 is 0 Å². The molecule has 0 aliphatic carbocycles. The Morgan fingerprint density at radius 2 is 2.28 bits per heavy atom. The first-order chi connectivity index (χ1) is 8.49. The van der Waals surface area contributed by atoms with Crippen LogP contribution < -0.4 is 0 Å². The van der Waals surface area contributed by atoms with E-state index in [9.17, 15) is 18.0 Å². The second kappa shape index (κ2) is 6.00. The van der Waals surface area contributed by atoms with Gasteiger partial charge in [0.15, 0.2) is 5.69 Å². The van der Waals surface area contributed by atoms with Crippen LogP contribution in [0.4, 0.5) is 13.2 Å². The van der Waals surface area contributed by atoms with E-state index in [1.807, 2.05) is 0 Å². The Morgan fingerprint density at radius 3 is 2.78 bits per heavy atom. The van der Waals surface area contributed by atoms with E-state index in [-0.39, 0.29) is 18.7 Å².